The van der Waals surface area contributed by atoms with Crippen molar-refractivity contribution in [1.29, 1.82) is 0 Å². The lowest BCUT2D eigenvalue weighted by atomic mass is 9.98. The zero-order valence-electron chi connectivity index (χ0n) is 16.3. The van der Waals surface area contributed by atoms with E-state index in [4.69, 9.17) is 28.4 Å². The summed E-state index contributed by atoms with van der Waals surface area (Å²) < 4.78 is 32.1. The summed E-state index contributed by atoms with van der Waals surface area (Å²) in [7, 11) is 0. The van der Waals surface area contributed by atoms with E-state index >= 15 is 0 Å². The first-order chi connectivity index (χ1) is 12.5. The van der Waals surface area contributed by atoms with Crippen molar-refractivity contribution in [3.8, 4) is 0 Å². The predicted octanol–water partition coefficient (Wildman–Crippen LogP) is 0.495. The number of carbonyl (C=O) groups is 4. The van der Waals surface area contributed by atoms with Gasteiger partial charge in [-0.1, -0.05) is 0 Å². The minimum Gasteiger partial charge on any atom is -0.463 e. The summed E-state index contributed by atoms with van der Waals surface area (Å²) in [6.45, 7) is 7.87. The first kappa shape index (κ1) is 22.8. The van der Waals surface area contributed by atoms with Crippen LogP contribution in [0.2, 0.25) is 0 Å². The Morgan fingerprint density at radius 1 is 0.778 bits per heavy atom. The average molecular weight is 390 g/mol. The van der Waals surface area contributed by atoms with E-state index in [1.54, 1.807) is 13.8 Å². The molecular formula is C17H26O10. The van der Waals surface area contributed by atoms with Crippen LogP contribution in [-0.4, -0.2) is 67.3 Å². The summed E-state index contributed by atoms with van der Waals surface area (Å²) in [5, 5.41) is 0. The van der Waals surface area contributed by atoms with E-state index in [0.717, 1.165) is 13.8 Å². The van der Waals surface area contributed by atoms with E-state index in [0.29, 0.717) is 0 Å². The minimum absolute atomic E-state index is 0.282. The van der Waals surface area contributed by atoms with Crippen molar-refractivity contribution in [3.63, 3.8) is 0 Å². The van der Waals surface area contributed by atoms with Gasteiger partial charge in [0, 0.05) is 27.7 Å². The van der Waals surface area contributed by atoms with E-state index in [1.165, 1.54) is 13.8 Å². The first-order valence-corrected chi connectivity index (χ1v) is 8.47. The van der Waals surface area contributed by atoms with E-state index in [2.05, 4.69) is 0 Å². The Bertz CT molecular complexity index is 558. The number of carbonyl (C=O) groups excluding carboxylic acids is 4. The molecule has 1 saturated heterocycles. The normalized spacial score (nSPS) is 27.6. The monoisotopic (exact) mass is 390 g/mol. The van der Waals surface area contributed by atoms with Crippen molar-refractivity contribution in [2.75, 3.05) is 6.61 Å². The van der Waals surface area contributed by atoms with Crippen LogP contribution in [0.4, 0.5) is 0 Å². The Labute approximate surface area is 157 Å². The molecule has 1 heterocycles. The summed E-state index contributed by atoms with van der Waals surface area (Å²) >= 11 is 0. The van der Waals surface area contributed by atoms with Gasteiger partial charge in [-0.25, -0.2) is 0 Å². The van der Waals surface area contributed by atoms with Gasteiger partial charge in [-0.05, 0) is 13.8 Å². The van der Waals surface area contributed by atoms with Crippen molar-refractivity contribution in [2.24, 2.45) is 0 Å². The smallest absolute Gasteiger partial charge is 0.303 e. The summed E-state index contributed by atoms with van der Waals surface area (Å²) in [6, 6.07) is 0. The number of esters is 4. The third-order valence-electron chi connectivity index (χ3n) is 3.35. The zero-order chi connectivity index (χ0) is 20.7. The van der Waals surface area contributed by atoms with Crippen LogP contribution >= 0.6 is 0 Å². The quantitative estimate of drug-likeness (QED) is 0.448. The molecule has 1 aliphatic heterocycles. The van der Waals surface area contributed by atoms with Crippen LogP contribution in [0.3, 0.4) is 0 Å². The van der Waals surface area contributed by atoms with Gasteiger partial charge in [0.05, 0.1) is 6.10 Å². The Morgan fingerprint density at radius 3 is 1.70 bits per heavy atom. The topological polar surface area (TPSA) is 124 Å². The molecule has 154 valence electrons. The Kier molecular flexibility index (Phi) is 8.64. The van der Waals surface area contributed by atoms with Crippen LogP contribution in [0.1, 0.15) is 41.5 Å². The van der Waals surface area contributed by atoms with Gasteiger partial charge in [-0.3, -0.25) is 19.2 Å². The van der Waals surface area contributed by atoms with E-state index < -0.39 is 54.6 Å². The van der Waals surface area contributed by atoms with Gasteiger partial charge in [-0.2, -0.15) is 0 Å². The molecule has 5 atom stereocenters. The van der Waals surface area contributed by atoms with Crippen LogP contribution in [0.15, 0.2) is 0 Å². The van der Waals surface area contributed by atoms with Crippen LogP contribution in [-0.2, 0) is 47.6 Å². The lowest BCUT2D eigenvalue weighted by Gasteiger charge is -2.44. The maximum atomic E-state index is 11.6. The molecule has 0 aromatic carbocycles. The van der Waals surface area contributed by atoms with Crippen molar-refractivity contribution in [3.05, 3.63) is 0 Å². The molecule has 0 radical (unpaired) electrons. The predicted molar refractivity (Wildman–Crippen MR) is 88.2 cm³/mol. The SMILES string of the molecule is CC(=O)OC[C@H]1O[C@@H](OC(C)C)[C@@H](OC(C)=O)[C@@H](OC(C)=O)[C@@H]1OC(C)=O. The second-order valence-electron chi connectivity index (χ2n) is 6.25. The molecule has 0 bridgehead atoms. The Morgan fingerprint density at radius 2 is 1.26 bits per heavy atom. The average Bonchev–Trinajstić information content (AvgIpc) is 2.49. The zero-order valence-corrected chi connectivity index (χ0v) is 16.3. The Hall–Kier alpha value is -2.20. The van der Waals surface area contributed by atoms with Crippen LogP contribution in [0, 0.1) is 0 Å². The molecule has 0 aromatic rings. The number of hydrogen-bond donors (Lipinski definition) is 0. The molecule has 0 spiro atoms. The van der Waals surface area contributed by atoms with Crippen molar-refractivity contribution in [1.82, 2.24) is 0 Å². The molecule has 0 amide bonds. The van der Waals surface area contributed by atoms with E-state index in [9.17, 15) is 19.2 Å². The number of ether oxygens (including phenoxy) is 6. The minimum atomic E-state index is -1.21. The molecule has 0 unspecified atom stereocenters. The lowest BCUT2D eigenvalue weighted by Crippen LogP contribution is -2.63. The molecule has 10 heteroatoms. The van der Waals surface area contributed by atoms with Crippen molar-refractivity contribution < 1.29 is 47.6 Å². The molecule has 1 aliphatic rings. The largest absolute Gasteiger partial charge is 0.463 e. The maximum absolute atomic E-state index is 11.6. The Balaban J connectivity index is 3.27. The fourth-order valence-corrected chi connectivity index (χ4v) is 2.57. The van der Waals surface area contributed by atoms with Crippen LogP contribution < -0.4 is 0 Å². The summed E-state index contributed by atoms with van der Waals surface area (Å²) in [6.07, 6.45) is -6.05. The van der Waals surface area contributed by atoms with Gasteiger partial charge in [0.2, 0.25) is 0 Å². The third-order valence-corrected chi connectivity index (χ3v) is 3.35. The molecule has 1 fully saturated rings. The van der Waals surface area contributed by atoms with E-state index in [-0.39, 0.29) is 12.7 Å². The van der Waals surface area contributed by atoms with Crippen LogP contribution in [0.5, 0.6) is 0 Å². The van der Waals surface area contributed by atoms with Gasteiger partial charge in [0.25, 0.3) is 0 Å². The fourth-order valence-electron chi connectivity index (χ4n) is 2.57. The lowest BCUT2D eigenvalue weighted by molar-refractivity contribution is -0.314. The molecule has 1 rings (SSSR count). The standard InChI is InChI=1S/C17H26O10/c1-8(2)23-17-16(26-12(6)21)15(25-11(5)20)14(24-10(4)19)13(27-17)7-22-9(3)18/h8,13-17H,7H2,1-6H3/t13-,14-,15+,16+,17-/m1/s1. The molecule has 0 aliphatic carbocycles. The van der Waals surface area contributed by atoms with Gasteiger partial charge in [0.15, 0.2) is 24.6 Å². The van der Waals surface area contributed by atoms with Gasteiger partial charge < -0.3 is 28.4 Å². The highest BCUT2D eigenvalue weighted by Gasteiger charge is 2.52. The molecule has 0 saturated carbocycles. The van der Waals surface area contributed by atoms with Gasteiger partial charge in [0.1, 0.15) is 12.7 Å². The van der Waals surface area contributed by atoms with Crippen LogP contribution in [0.25, 0.3) is 0 Å². The third kappa shape index (κ3) is 7.51. The highest BCUT2D eigenvalue weighted by molar-refractivity contribution is 5.68. The molecule has 0 N–H and O–H groups in total. The fraction of sp³-hybridized carbons (Fsp3) is 0.765. The molecular weight excluding hydrogens is 364 g/mol. The van der Waals surface area contributed by atoms with Crippen molar-refractivity contribution >= 4 is 23.9 Å². The second kappa shape index (κ2) is 10.2. The highest BCUT2D eigenvalue weighted by Crippen LogP contribution is 2.30. The number of hydrogen-bond acceptors (Lipinski definition) is 10. The first-order valence-electron chi connectivity index (χ1n) is 8.47. The van der Waals surface area contributed by atoms with Gasteiger partial charge >= 0.3 is 23.9 Å². The molecule has 10 nitrogen and oxygen atoms in total. The summed E-state index contributed by atoms with van der Waals surface area (Å²) in [5.74, 6) is -2.62. The maximum Gasteiger partial charge on any atom is 0.303 e. The van der Waals surface area contributed by atoms with E-state index in [1.807, 2.05) is 0 Å². The molecule has 27 heavy (non-hydrogen) atoms. The second-order valence-corrected chi connectivity index (χ2v) is 6.25. The summed E-state index contributed by atoms with van der Waals surface area (Å²) in [4.78, 5) is 45.9. The highest BCUT2D eigenvalue weighted by atomic mass is 16.7. The van der Waals surface area contributed by atoms with Gasteiger partial charge in [-0.15, -0.1) is 0 Å². The molecule has 0 aromatic heterocycles. The number of rotatable bonds is 7. The van der Waals surface area contributed by atoms with Crippen molar-refractivity contribution in [2.45, 2.75) is 78.4 Å². The summed E-state index contributed by atoms with van der Waals surface area (Å²) in [5.41, 5.74) is 0.